The molecule has 0 saturated heterocycles. The fraction of sp³-hybridized carbons (Fsp3) is 0.320. The first-order valence-corrected chi connectivity index (χ1v) is 11.1. The Bertz CT molecular complexity index is 1100. The molecule has 2 heterocycles. The highest BCUT2D eigenvalue weighted by Gasteiger charge is 2.20. The lowest BCUT2D eigenvalue weighted by Crippen LogP contribution is -2.24. The van der Waals surface area contributed by atoms with Gasteiger partial charge in [0.1, 0.15) is 0 Å². The zero-order chi connectivity index (χ0) is 22.5. The molecule has 0 aliphatic heterocycles. The molecule has 0 aliphatic carbocycles. The number of rotatable bonds is 9. The highest BCUT2D eigenvalue weighted by molar-refractivity contribution is 5.85. The average molecular weight is 431 g/mol. The van der Waals surface area contributed by atoms with Crippen LogP contribution in [0.1, 0.15) is 50.4 Å². The zero-order valence-electron chi connectivity index (χ0n) is 18.7. The molecule has 0 radical (unpaired) electrons. The lowest BCUT2D eigenvalue weighted by molar-refractivity contribution is 0.271. The second-order valence-corrected chi connectivity index (χ2v) is 8.14. The predicted molar refractivity (Wildman–Crippen MR) is 129 cm³/mol. The second-order valence-electron chi connectivity index (χ2n) is 8.14. The maximum atomic E-state index is 9.66. The van der Waals surface area contributed by atoms with Crippen LogP contribution >= 0.6 is 0 Å². The van der Waals surface area contributed by atoms with Gasteiger partial charge in [0, 0.05) is 6.04 Å². The van der Waals surface area contributed by atoms with Gasteiger partial charge < -0.3 is 20.3 Å². The number of aliphatic hydroxyl groups excluding tert-OH is 1. The van der Waals surface area contributed by atoms with Gasteiger partial charge in [0.15, 0.2) is 17.0 Å². The van der Waals surface area contributed by atoms with E-state index < -0.39 is 0 Å². The Morgan fingerprint density at radius 1 is 0.906 bits per heavy atom. The van der Waals surface area contributed by atoms with Gasteiger partial charge in [-0.05, 0) is 31.4 Å². The minimum absolute atomic E-state index is 0.0146. The molecular weight excluding hydrogens is 400 g/mol. The number of imidazole rings is 1. The summed E-state index contributed by atoms with van der Waals surface area (Å²) < 4.78 is 2.04. The summed E-state index contributed by atoms with van der Waals surface area (Å²) in [6, 6.07) is 20.6. The maximum Gasteiger partial charge on any atom is 0.227 e. The molecule has 0 aliphatic rings. The van der Waals surface area contributed by atoms with Gasteiger partial charge in [0.25, 0.3) is 0 Å². The van der Waals surface area contributed by atoms with Gasteiger partial charge in [-0.15, -0.1) is 0 Å². The number of nitrogens with zero attached hydrogens (tertiary/aromatic N) is 4. The van der Waals surface area contributed by atoms with Crippen molar-refractivity contribution in [2.75, 3.05) is 17.2 Å². The second kappa shape index (κ2) is 9.78. The Kier molecular flexibility index (Phi) is 6.66. The van der Waals surface area contributed by atoms with Crippen LogP contribution in [0.2, 0.25) is 0 Å². The maximum absolute atomic E-state index is 9.66. The molecule has 4 rings (SSSR count). The van der Waals surface area contributed by atoms with E-state index in [-0.39, 0.29) is 24.7 Å². The monoisotopic (exact) mass is 430 g/mol. The lowest BCUT2D eigenvalue weighted by Gasteiger charge is -2.22. The van der Waals surface area contributed by atoms with E-state index in [0.29, 0.717) is 11.8 Å². The van der Waals surface area contributed by atoms with E-state index in [9.17, 15) is 5.11 Å². The smallest absolute Gasteiger partial charge is 0.227 e. The summed E-state index contributed by atoms with van der Waals surface area (Å²) in [5, 5.41) is 16.6. The highest BCUT2D eigenvalue weighted by atomic mass is 16.3. The summed E-state index contributed by atoms with van der Waals surface area (Å²) in [5.41, 5.74) is 3.74. The van der Waals surface area contributed by atoms with E-state index in [1.165, 1.54) is 0 Å². The van der Waals surface area contributed by atoms with E-state index in [0.717, 1.165) is 28.7 Å². The van der Waals surface area contributed by atoms with Crippen molar-refractivity contribution in [3.63, 3.8) is 0 Å². The molecule has 4 aromatic rings. The van der Waals surface area contributed by atoms with Crippen molar-refractivity contribution in [3.8, 4) is 0 Å². The van der Waals surface area contributed by atoms with Crippen LogP contribution in [0.25, 0.3) is 11.2 Å². The molecule has 1 atom stereocenters. The quantitative estimate of drug-likeness (QED) is 0.354. The first-order chi connectivity index (χ1) is 15.6. The van der Waals surface area contributed by atoms with Crippen molar-refractivity contribution in [2.24, 2.45) is 0 Å². The van der Waals surface area contributed by atoms with Crippen LogP contribution in [0.4, 0.5) is 11.8 Å². The summed E-state index contributed by atoms with van der Waals surface area (Å²) in [7, 11) is 0. The Hall–Kier alpha value is -3.45. The topological polar surface area (TPSA) is 87.9 Å². The first kappa shape index (κ1) is 21.8. The molecule has 0 saturated carbocycles. The normalized spacial score (nSPS) is 12.4. The first-order valence-electron chi connectivity index (χ1n) is 11.1. The lowest BCUT2D eigenvalue weighted by atomic mass is 9.99. The molecule has 166 valence electrons. The third kappa shape index (κ3) is 4.57. The Labute approximate surface area is 188 Å². The largest absolute Gasteiger partial charge is 0.394 e. The summed E-state index contributed by atoms with van der Waals surface area (Å²) in [4.78, 5) is 14.2. The van der Waals surface area contributed by atoms with E-state index >= 15 is 0 Å². The molecule has 7 heteroatoms. The van der Waals surface area contributed by atoms with Crippen molar-refractivity contribution in [3.05, 3.63) is 78.1 Å². The number of benzene rings is 2. The summed E-state index contributed by atoms with van der Waals surface area (Å²) in [6.07, 6.45) is 2.57. The van der Waals surface area contributed by atoms with Crippen molar-refractivity contribution in [1.82, 2.24) is 19.5 Å². The fourth-order valence-corrected chi connectivity index (χ4v) is 3.71. The number of nitrogens with one attached hydrogen (secondary N) is 2. The van der Waals surface area contributed by atoms with Gasteiger partial charge in [-0.25, -0.2) is 4.98 Å². The van der Waals surface area contributed by atoms with Crippen molar-refractivity contribution >= 4 is 22.9 Å². The number of hydrogen-bond acceptors (Lipinski definition) is 6. The zero-order valence-corrected chi connectivity index (χ0v) is 18.7. The predicted octanol–water partition coefficient (Wildman–Crippen LogP) is 4.79. The van der Waals surface area contributed by atoms with Crippen molar-refractivity contribution in [1.29, 1.82) is 0 Å². The van der Waals surface area contributed by atoms with E-state index in [1.807, 2.05) is 54.2 Å². The SMILES string of the molecule is CC[C@H](CO)Nc1nc(NC(c2ccccc2)c2ccccc2)c2ncn(C(C)C)c2n1. The molecule has 0 amide bonds. The average Bonchev–Trinajstić information content (AvgIpc) is 3.26. The van der Waals surface area contributed by atoms with Crippen LogP contribution in [-0.2, 0) is 0 Å². The van der Waals surface area contributed by atoms with Gasteiger partial charge >= 0.3 is 0 Å². The molecule has 0 bridgehead atoms. The van der Waals surface area contributed by atoms with Gasteiger partial charge in [0.05, 0.1) is 25.0 Å². The minimum atomic E-state index is -0.116. The van der Waals surface area contributed by atoms with Crippen LogP contribution in [0.15, 0.2) is 67.0 Å². The summed E-state index contributed by atoms with van der Waals surface area (Å²) in [5.74, 6) is 1.13. The molecule has 2 aromatic heterocycles. The Morgan fingerprint density at radius 3 is 2.06 bits per heavy atom. The van der Waals surface area contributed by atoms with E-state index in [1.54, 1.807) is 0 Å². The van der Waals surface area contributed by atoms with Crippen LogP contribution in [0, 0.1) is 0 Å². The number of hydrogen-bond donors (Lipinski definition) is 3. The van der Waals surface area contributed by atoms with Gasteiger partial charge in [-0.1, -0.05) is 67.6 Å². The number of aliphatic hydroxyl groups is 1. The molecule has 0 fully saturated rings. The third-order valence-corrected chi connectivity index (χ3v) is 5.57. The van der Waals surface area contributed by atoms with Crippen LogP contribution in [-0.4, -0.2) is 37.3 Å². The van der Waals surface area contributed by atoms with Gasteiger partial charge in [0.2, 0.25) is 5.95 Å². The Balaban J connectivity index is 1.82. The number of fused-ring (bicyclic) bond motifs is 1. The Morgan fingerprint density at radius 2 is 1.53 bits per heavy atom. The molecule has 3 N–H and O–H groups in total. The summed E-state index contributed by atoms with van der Waals surface area (Å²) >= 11 is 0. The highest BCUT2D eigenvalue weighted by Crippen LogP contribution is 2.30. The standard InChI is InChI=1S/C25H30N6O/c1-4-20(15-32)27-25-29-23(22-24(30-25)31(16-26-22)17(2)3)28-21(18-11-7-5-8-12-18)19-13-9-6-10-14-19/h5-14,16-17,20-21,32H,4,15H2,1-3H3,(H2,27,28,29,30)/t20-/m1/s1. The van der Waals surface area contributed by atoms with Crippen LogP contribution in [0.5, 0.6) is 0 Å². The number of anilines is 2. The minimum Gasteiger partial charge on any atom is -0.394 e. The molecular formula is C25H30N6O. The van der Waals surface area contributed by atoms with Crippen LogP contribution < -0.4 is 10.6 Å². The third-order valence-electron chi connectivity index (χ3n) is 5.57. The van der Waals surface area contributed by atoms with Gasteiger partial charge in [-0.2, -0.15) is 9.97 Å². The molecule has 32 heavy (non-hydrogen) atoms. The van der Waals surface area contributed by atoms with E-state index in [2.05, 4.69) is 53.7 Å². The molecule has 2 aromatic carbocycles. The molecule has 0 spiro atoms. The fourth-order valence-electron chi connectivity index (χ4n) is 3.71. The van der Waals surface area contributed by atoms with Crippen molar-refractivity contribution < 1.29 is 5.11 Å². The van der Waals surface area contributed by atoms with E-state index in [4.69, 9.17) is 9.97 Å². The summed E-state index contributed by atoms with van der Waals surface area (Å²) in [6.45, 7) is 6.23. The van der Waals surface area contributed by atoms with Crippen molar-refractivity contribution in [2.45, 2.75) is 45.3 Å². The van der Waals surface area contributed by atoms with Crippen LogP contribution in [0.3, 0.4) is 0 Å². The molecule has 7 nitrogen and oxygen atoms in total. The number of aromatic nitrogens is 4. The van der Waals surface area contributed by atoms with Gasteiger partial charge in [-0.3, -0.25) is 0 Å². The molecule has 0 unspecified atom stereocenters.